The minimum absolute atomic E-state index is 0.815. The molecule has 3 heteroatoms. The summed E-state index contributed by atoms with van der Waals surface area (Å²) in [5, 5.41) is 0. The molecule has 0 heterocycles. The molecule has 1 fully saturated rings. The Hall–Kier alpha value is 0.0000000000000000139. The zero-order chi connectivity index (χ0) is 13.6. The summed E-state index contributed by atoms with van der Waals surface area (Å²) in [5.41, 5.74) is 4.39. The van der Waals surface area contributed by atoms with Crippen molar-refractivity contribution < 1.29 is 0 Å². The first kappa shape index (κ1) is 16.1. The van der Waals surface area contributed by atoms with E-state index in [4.69, 9.17) is 0 Å². The first-order valence-corrected chi connectivity index (χ1v) is 9.41. The van der Waals surface area contributed by atoms with E-state index in [0.717, 1.165) is 31.8 Å². The van der Waals surface area contributed by atoms with Crippen molar-refractivity contribution >= 4 is 12.6 Å². The van der Waals surface area contributed by atoms with Crippen molar-refractivity contribution in [2.45, 2.75) is 59.0 Å². The van der Waals surface area contributed by atoms with E-state index in [1.54, 1.807) is 0 Å². The van der Waals surface area contributed by atoms with E-state index >= 15 is 0 Å². The van der Waals surface area contributed by atoms with Crippen molar-refractivity contribution in [1.29, 1.82) is 0 Å². The van der Waals surface area contributed by atoms with Gasteiger partial charge >= 0.3 is 0 Å². The molecule has 1 saturated carbocycles. The molecule has 1 aliphatic rings. The number of rotatable bonds is 7. The monoisotopic (exact) mass is 270 g/mol. The quantitative estimate of drug-likeness (QED) is 0.644. The lowest BCUT2D eigenvalue weighted by molar-refractivity contribution is 0.409. The lowest BCUT2D eigenvalue weighted by atomic mass is 10.4. The van der Waals surface area contributed by atoms with Crippen molar-refractivity contribution in [3.8, 4) is 0 Å². The highest BCUT2D eigenvalue weighted by Gasteiger charge is 2.38. The van der Waals surface area contributed by atoms with Gasteiger partial charge in [0.15, 0.2) is 0 Å². The van der Waals surface area contributed by atoms with Gasteiger partial charge in [0.25, 0.3) is 0 Å². The van der Waals surface area contributed by atoms with Crippen LogP contribution in [0.25, 0.3) is 0 Å². The maximum absolute atomic E-state index is 4.15. The second-order valence-electron chi connectivity index (χ2n) is 5.02. The molecule has 2 nitrogen and oxygen atoms in total. The molecule has 0 radical (unpaired) electrons. The molecule has 0 aromatic rings. The average molecular weight is 270 g/mol. The highest BCUT2D eigenvalue weighted by atomic mass is 31.2. The molecule has 0 aromatic carbocycles. The van der Waals surface area contributed by atoms with Gasteiger partial charge < -0.3 is 0 Å². The largest absolute Gasteiger partial charge is 0.266 e. The predicted octanol–water partition coefficient (Wildman–Crippen LogP) is 4.05. The van der Waals surface area contributed by atoms with Crippen molar-refractivity contribution in [2.24, 2.45) is 0 Å². The van der Waals surface area contributed by atoms with Crippen LogP contribution in [0, 0.1) is 0 Å². The van der Waals surface area contributed by atoms with Crippen LogP contribution in [0.2, 0.25) is 0 Å². The third-order valence-electron chi connectivity index (χ3n) is 4.39. The Balaban J connectivity index is 3.23. The molecule has 1 rings (SSSR count). The van der Waals surface area contributed by atoms with Crippen LogP contribution in [0.15, 0.2) is 6.58 Å². The van der Waals surface area contributed by atoms with E-state index in [0.29, 0.717) is 0 Å². The zero-order valence-corrected chi connectivity index (χ0v) is 13.7. The van der Waals surface area contributed by atoms with Crippen LogP contribution in [0.3, 0.4) is 0 Å². The topological polar surface area (TPSA) is 6.48 Å². The minimum atomic E-state index is -1.44. The van der Waals surface area contributed by atoms with E-state index in [2.05, 4.69) is 49.1 Å². The van der Waals surface area contributed by atoms with Crippen LogP contribution in [-0.2, 0) is 0 Å². The van der Waals surface area contributed by atoms with Crippen LogP contribution >= 0.6 is 7.19 Å². The molecule has 0 bridgehead atoms. The van der Waals surface area contributed by atoms with E-state index < -0.39 is 7.19 Å². The summed E-state index contributed by atoms with van der Waals surface area (Å²) in [7, 11) is -1.44. The van der Waals surface area contributed by atoms with E-state index in [-0.39, 0.29) is 0 Å². The summed E-state index contributed by atoms with van der Waals surface area (Å²) in [6.07, 6.45) is 5.56. The van der Waals surface area contributed by atoms with Gasteiger partial charge in [-0.25, -0.2) is 0 Å². The molecule has 0 aromatic heterocycles. The molecule has 1 aliphatic carbocycles. The Morgan fingerprint density at radius 1 is 0.944 bits per heavy atom. The van der Waals surface area contributed by atoms with Crippen LogP contribution in [0.1, 0.15) is 53.4 Å². The average Bonchev–Trinajstić information content (AvgIpc) is 2.93. The summed E-state index contributed by atoms with van der Waals surface area (Å²) < 4.78 is 5.34. The molecule has 0 spiro atoms. The Kier molecular flexibility index (Phi) is 6.74. The maximum atomic E-state index is 4.15. The van der Waals surface area contributed by atoms with Crippen LogP contribution < -0.4 is 0 Å². The first-order valence-electron chi connectivity index (χ1n) is 7.65. The van der Waals surface area contributed by atoms with Crippen molar-refractivity contribution in [1.82, 2.24) is 9.34 Å². The van der Waals surface area contributed by atoms with Crippen LogP contribution in [-0.4, -0.2) is 46.6 Å². The van der Waals surface area contributed by atoms with Gasteiger partial charge in [-0.1, -0.05) is 47.1 Å². The Morgan fingerprint density at radius 3 is 1.61 bits per heavy atom. The Bertz CT molecular complexity index is 282. The van der Waals surface area contributed by atoms with Crippen molar-refractivity contribution in [3.05, 3.63) is 6.58 Å². The van der Waals surface area contributed by atoms with Gasteiger partial charge in [0, 0.05) is 31.8 Å². The fourth-order valence-corrected chi connectivity index (χ4v) is 8.29. The normalized spacial score (nSPS) is 17.7. The third-order valence-corrected chi connectivity index (χ3v) is 9.25. The third kappa shape index (κ3) is 2.78. The summed E-state index contributed by atoms with van der Waals surface area (Å²) in [6.45, 7) is 17.8. The van der Waals surface area contributed by atoms with Gasteiger partial charge in [-0.15, -0.1) is 5.45 Å². The molecule has 0 unspecified atom stereocenters. The van der Waals surface area contributed by atoms with Crippen molar-refractivity contribution in [3.63, 3.8) is 0 Å². The van der Waals surface area contributed by atoms with Gasteiger partial charge in [0.1, 0.15) is 0 Å². The van der Waals surface area contributed by atoms with Crippen molar-refractivity contribution in [2.75, 3.05) is 26.2 Å². The molecule has 0 saturated heterocycles. The molecule has 0 amide bonds. The first-order chi connectivity index (χ1) is 8.70. The summed E-state index contributed by atoms with van der Waals surface area (Å²) >= 11 is 0. The van der Waals surface area contributed by atoms with Gasteiger partial charge in [-0.2, -0.15) is 0 Å². The molecule has 0 N–H and O–H groups in total. The molecule has 0 atom stereocenters. The van der Waals surface area contributed by atoms with E-state index in [9.17, 15) is 0 Å². The van der Waals surface area contributed by atoms with Crippen LogP contribution in [0.5, 0.6) is 0 Å². The smallest absolute Gasteiger partial charge is 0.0589 e. The van der Waals surface area contributed by atoms with E-state index in [1.807, 2.05) is 0 Å². The minimum Gasteiger partial charge on any atom is -0.266 e. The highest BCUT2D eigenvalue weighted by Crippen LogP contribution is 2.61. The molecule has 0 aliphatic heterocycles. The lowest BCUT2D eigenvalue weighted by Gasteiger charge is -2.46. The SMILES string of the molecule is C=C=P(C1CCCC1)(N(CC)CC)N(CC)CC. The second kappa shape index (κ2) is 7.56. The predicted molar refractivity (Wildman–Crippen MR) is 85.7 cm³/mol. The van der Waals surface area contributed by atoms with Crippen LogP contribution in [0.4, 0.5) is 0 Å². The molecular formula is C15H31N2P. The molecule has 18 heavy (non-hydrogen) atoms. The van der Waals surface area contributed by atoms with Gasteiger partial charge in [0.2, 0.25) is 0 Å². The second-order valence-corrected chi connectivity index (χ2v) is 8.50. The number of nitrogens with zero attached hydrogens (tertiary/aromatic N) is 2. The highest BCUT2D eigenvalue weighted by molar-refractivity contribution is 7.70. The maximum Gasteiger partial charge on any atom is 0.0589 e. The zero-order valence-electron chi connectivity index (χ0n) is 12.8. The standard InChI is InChI=1S/C15H31N2P/c1-6-16(7-2)18(10-5,17(8-3)9-4)15-13-11-12-14-15/h15H,5-9,11-14H2,1-4H3. The Labute approximate surface area is 114 Å². The van der Waals surface area contributed by atoms with Gasteiger partial charge in [-0.3, -0.25) is 9.34 Å². The van der Waals surface area contributed by atoms with Gasteiger partial charge in [-0.05, 0) is 12.8 Å². The summed E-state index contributed by atoms with van der Waals surface area (Å²) in [5.74, 6) is 0. The Morgan fingerprint density at radius 2 is 1.33 bits per heavy atom. The van der Waals surface area contributed by atoms with Gasteiger partial charge in [0.05, 0.1) is 7.19 Å². The molecular weight excluding hydrogens is 239 g/mol. The summed E-state index contributed by atoms with van der Waals surface area (Å²) in [6, 6.07) is 0. The lowest BCUT2D eigenvalue weighted by Crippen LogP contribution is -2.37. The fourth-order valence-electron chi connectivity index (χ4n) is 3.54. The molecule has 106 valence electrons. The number of hydrogen-bond donors (Lipinski definition) is 0. The number of hydrogen-bond acceptors (Lipinski definition) is 2. The fraction of sp³-hybridized carbons (Fsp3) is 0.867. The summed E-state index contributed by atoms with van der Waals surface area (Å²) in [4.78, 5) is 0. The van der Waals surface area contributed by atoms with E-state index in [1.165, 1.54) is 25.7 Å².